The van der Waals surface area contributed by atoms with E-state index in [4.69, 9.17) is 9.84 Å². The number of hydrogen-bond acceptors (Lipinski definition) is 5. The summed E-state index contributed by atoms with van der Waals surface area (Å²) in [5.74, 6) is -0.496. The van der Waals surface area contributed by atoms with Gasteiger partial charge in [0, 0.05) is 0 Å². The molecule has 0 saturated heterocycles. The molecule has 0 aliphatic rings. The largest absolute Gasteiger partial charge is 0.486 e. The number of ether oxygens (including phenoxy) is 1. The fourth-order valence-electron chi connectivity index (χ4n) is 2.29. The average molecular weight is 337 g/mol. The molecular formula is C18H15N3O4. The van der Waals surface area contributed by atoms with E-state index < -0.39 is 5.97 Å². The first-order valence-electron chi connectivity index (χ1n) is 7.50. The van der Waals surface area contributed by atoms with Gasteiger partial charge >= 0.3 is 5.97 Å². The van der Waals surface area contributed by atoms with E-state index >= 15 is 0 Å². The van der Waals surface area contributed by atoms with Gasteiger partial charge in [0.1, 0.15) is 18.1 Å². The number of nitrogens with zero attached hydrogens (tertiary/aromatic N) is 3. The lowest BCUT2D eigenvalue weighted by molar-refractivity contribution is 0.0696. The number of carbonyl (C=O) groups excluding carboxylic acids is 1. The molecule has 0 atom stereocenters. The van der Waals surface area contributed by atoms with Gasteiger partial charge in [0.2, 0.25) is 0 Å². The molecule has 7 heteroatoms. The molecule has 3 rings (SSSR count). The number of carboxylic acids is 1. The van der Waals surface area contributed by atoms with Gasteiger partial charge in [-0.3, -0.25) is 4.79 Å². The quantitative estimate of drug-likeness (QED) is 0.695. The Hall–Kier alpha value is -3.48. The van der Waals surface area contributed by atoms with Crippen LogP contribution in [0.15, 0.2) is 48.7 Å². The number of benzene rings is 2. The second kappa shape index (κ2) is 6.96. The number of aryl methyl sites for hydroxylation is 1. The van der Waals surface area contributed by atoms with Crippen LogP contribution in [-0.2, 0) is 6.61 Å². The first-order chi connectivity index (χ1) is 12.1. The van der Waals surface area contributed by atoms with Crippen molar-refractivity contribution in [1.82, 2.24) is 15.0 Å². The first kappa shape index (κ1) is 16.4. The maximum Gasteiger partial charge on any atom is 0.335 e. The molecule has 0 aliphatic carbocycles. The zero-order valence-electron chi connectivity index (χ0n) is 13.4. The van der Waals surface area contributed by atoms with E-state index in [-0.39, 0.29) is 12.2 Å². The predicted octanol–water partition coefficient (Wildman–Crippen LogP) is 2.67. The normalized spacial score (nSPS) is 10.4. The van der Waals surface area contributed by atoms with E-state index in [1.807, 2.05) is 13.0 Å². The Morgan fingerprint density at radius 2 is 2.00 bits per heavy atom. The standard InChI is InChI=1S/C18H15N3O4/c1-12-2-7-17(14(8-12)10-22)25-11-15-9-21(20-19-15)16-5-3-13(4-6-16)18(23)24/h2-10H,11H2,1H3,(H,23,24). The highest BCUT2D eigenvalue weighted by Crippen LogP contribution is 2.19. The van der Waals surface area contributed by atoms with Crippen LogP contribution in [0.3, 0.4) is 0 Å². The van der Waals surface area contributed by atoms with Crippen LogP contribution in [0, 0.1) is 6.92 Å². The Morgan fingerprint density at radius 3 is 2.68 bits per heavy atom. The van der Waals surface area contributed by atoms with Gasteiger partial charge in [-0.05, 0) is 43.3 Å². The molecule has 0 amide bonds. The number of rotatable bonds is 6. The van der Waals surface area contributed by atoms with Gasteiger partial charge < -0.3 is 9.84 Å². The van der Waals surface area contributed by atoms with Crippen molar-refractivity contribution in [2.24, 2.45) is 0 Å². The number of hydrogen-bond donors (Lipinski definition) is 1. The van der Waals surface area contributed by atoms with Gasteiger partial charge in [-0.25, -0.2) is 9.48 Å². The van der Waals surface area contributed by atoms with Crippen LogP contribution in [0.25, 0.3) is 5.69 Å². The Balaban J connectivity index is 1.72. The summed E-state index contributed by atoms with van der Waals surface area (Å²) in [5, 5.41) is 16.9. The Labute approximate surface area is 143 Å². The number of carbonyl (C=O) groups is 2. The van der Waals surface area contributed by atoms with Gasteiger partial charge in [-0.2, -0.15) is 0 Å². The Morgan fingerprint density at radius 1 is 1.24 bits per heavy atom. The van der Waals surface area contributed by atoms with E-state index in [9.17, 15) is 9.59 Å². The highest BCUT2D eigenvalue weighted by atomic mass is 16.5. The molecule has 1 aromatic heterocycles. The summed E-state index contributed by atoms with van der Waals surface area (Å²) in [5.41, 5.74) is 2.93. The molecule has 1 heterocycles. The number of aromatic nitrogens is 3. The van der Waals surface area contributed by atoms with Gasteiger partial charge in [-0.1, -0.05) is 16.8 Å². The SMILES string of the molecule is Cc1ccc(OCc2cn(-c3ccc(C(=O)O)cc3)nn2)c(C=O)c1. The molecule has 0 fully saturated rings. The van der Waals surface area contributed by atoms with E-state index in [0.717, 1.165) is 11.8 Å². The van der Waals surface area contributed by atoms with Crippen molar-refractivity contribution >= 4 is 12.3 Å². The zero-order valence-corrected chi connectivity index (χ0v) is 13.4. The summed E-state index contributed by atoms with van der Waals surface area (Å²) in [6, 6.07) is 11.7. The smallest absolute Gasteiger partial charge is 0.335 e. The molecule has 1 N–H and O–H groups in total. The van der Waals surface area contributed by atoms with Gasteiger partial charge in [0.15, 0.2) is 6.29 Å². The second-order valence-corrected chi connectivity index (χ2v) is 5.45. The summed E-state index contributed by atoms with van der Waals surface area (Å²) in [6.45, 7) is 2.06. The average Bonchev–Trinajstić information content (AvgIpc) is 3.09. The number of aromatic carboxylic acids is 1. The van der Waals surface area contributed by atoms with Crippen molar-refractivity contribution < 1.29 is 19.4 Å². The van der Waals surface area contributed by atoms with Crippen LogP contribution < -0.4 is 4.74 Å². The number of carboxylic acid groups (broad SMARTS) is 1. The van der Waals surface area contributed by atoms with Gasteiger partial charge in [-0.15, -0.1) is 5.10 Å². The molecule has 126 valence electrons. The minimum atomic E-state index is -0.983. The molecule has 3 aromatic rings. The maximum atomic E-state index is 11.1. The third kappa shape index (κ3) is 3.72. The maximum absolute atomic E-state index is 11.1. The van der Waals surface area contributed by atoms with Crippen LogP contribution in [-0.4, -0.2) is 32.4 Å². The third-order valence-corrected chi connectivity index (χ3v) is 3.59. The van der Waals surface area contributed by atoms with Gasteiger partial charge in [0.25, 0.3) is 0 Å². The monoisotopic (exact) mass is 337 g/mol. The van der Waals surface area contributed by atoms with Crippen molar-refractivity contribution in [2.75, 3.05) is 0 Å². The van der Waals surface area contributed by atoms with Crippen molar-refractivity contribution in [3.05, 3.63) is 71.0 Å². The fourth-order valence-corrected chi connectivity index (χ4v) is 2.29. The van der Waals surface area contributed by atoms with Crippen LogP contribution in [0.4, 0.5) is 0 Å². The van der Waals surface area contributed by atoms with Crippen molar-refractivity contribution in [3.8, 4) is 11.4 Å². The van der Waals surface area contributed by atoms with E-state index in [2.05, 4.69) is 10.3 Å². The zero-order chi connectivity index (χ0) is 17.8. The molecule has 0 radical (unpaired) electrons. The van der Waals surface area contributed by atoms with Crippen molar-refractivity contribution in [3.63, 3.8) is 0 Å². The minimum absolute atomic E-state index is 0.164. The van der Waals surface area contributed by atoms with E-state index in [1.165, 1.54) is 16.8 Å². The second-order valence-electron chi connectivity index (χ2n) is 5.45. The molecular weight excluding hydrogens is 322 g/mol. The Bertz CT molecular complexity index is 916. The molecule has 0 spiro atoms. The molecule has 25 heavy (non-hydrogen) atoms. The minimum Gasteiger partial charge on any atom is -0.486 e. The highest BCUT2D eigenvalue weighted by molar-refractivity contribution is 5.87. The van der Waals surface area contributed by atoms with Crippen LogP contribution in [0.5, 0.6) is 5.75 Å². The predicted molar refractivity (Wildman–Crippen MR) is 89.2 cm³/mol. The lowest BCUT2D eigenvalue weighted by Gasteiger charge is -2.07. The first-order valence-corrected chi connectivity index (χ1v) is 7.50. The fraction of sp³-hybridized carbons (Fsp3) is 0.111. The molecule has 2 aromatic carbocycles. The van der Waals surface area contributed by atoms with Crippen molar-refractivity contribution in [2.45, 2.75) is 13.5 Å². The van der Waals surface area contributed by atoms with E-state index in [0.29, 0.717) is 22.7 Å². The molecule has 7 nitrogen and oxygen atoms in total. The highest BCUT2D eigenvalue weighted by Gasteiger charge is 2.08. The summed E-state index contributed by atoms with van der Waals surface area (Å²) >= 11 is 0. The summed E-state index contributed by atoms with van der Waals surface area (Å²) in [4.78, 5) is 22.0. The van der Waals surface area contributed by atoms with Gasteiger partial charge in [0.05, 0.1) is 23.0 Å². The summed E-state index contributed by atoms with van der Waals surface area (Å²) < 4.78 is 7.17. The van der Waals surface area contributed by atoms with Crippen LogP contribution in [0.1, 0.15) is 32.0 Å². The topological polar surface area (TPSA) is 94.3 Å². The third-order valence-electron chi connectivity index (χ3n) is 3.59. The molecule has 0 bridgehead atoms. The van der Waals surface area contributed by atoms with Crippen LogP contribution >= 0.6 is 0 Å². The van der Waals surface area contributed by atoms with Crippen LogP contribution in [0.2, 0.25) is 0 Å². The van der Waals surface area contributed by atoms with E-state index in [1.54, 1.807) is 30.5 Å². The summed E-state index contributed by atoms with van der Waals surface area (Å²) in [7, 11) is 0. The molecule has 0 aliphatic heterocycles. The summed E-state index contributed by atoms with van der Waals surface area (Å²) in [6.07, 6.45) is 2.44. The number of aldehydes is 1. The molecule has 0 saturated carbocycles. The lowest BCUT2D eigenvalue weighted by atomic mass is 10.1. The molecule has 0 unspecified atom stereocenters. The Kier molecular flexibility index (Phi) is 4.56. The lowest BCUT2D eigenvalue weighted by Crippen LogP contribution is -1.99. The van der Waals surface area contributed by atoms with Crippen molar-refractivity contribution in [1.29, 1.82) is 0 Å².